The Balaban J connectivity index is 1.29. The lowest BCUT2D eigenvalue weighted by molar-refractivity contribution is 0.465. The Bertz CT molecular complexity index is 1990. The highest BCUT2D eigenvalue weighted by Gasteiger charge is 2.41. The Morgan fingerprint density at radius 3 is 2.02 bits per heavy atom. The highest BCUT2D eigenvalue weighted by atomic mass is 16.5. The summed E-state index contributed by atoms with van der Waals surface area (Å²) in [5.74, 6) is 3.57. The molecule has 0 aliphatic carbocycles. The van der Waals surface area contributed by atoms with Crippen molar-refractivity contribution in [1.82, 2.24) is 0 Å². The molecule has 6 aromatic carbocycles. The van der Waals surface area contributed by atoms with E-state index < -0.39 is 0 Å². The van der Waals surface area contributed by atoms with Crippen LogP contribution in [0.25, 0.3) is 11.1 Å². The van der Waals surface area contributed by atoms with Crippen molar-refractivity contribution in [2.24, 2.45) is 0 Å². The third kappa shape index (κ3) is 3.28. The van der Waals surface area contributed by atoms with Crippen LogP contribution in [0.5, 0.6) is 23.0 Å². The molecule has 192 valence electrons. The average Bonchev–Trinajstić information content (AvgIpc) is 3.04. The third-order valence-electron chi connectivity index (χ3n) is 8.63. The van der Waals surface area contributed by atoms with E-state index in [2.05, 4.69) is 132 Å². The van der Waals surface area contributed by atoms with Crippen LogP contribution in [0.1, 0.15) is 11.1 Å². The molecule has 0 saturated heterocycles. The summed E-state index contributed by atoms with van der Waals surface area (Å²) in [6.45, 7) is 0.0518. The van der Waals surface area contributed by atoms with Crippen molar-refractivity contribution in [2.45, 2.75) is 6.42 Å². The number of anilines is 3. The van der Waals surface area contributed by atoms with E-state index in [1.807, 2.05) is 6.07 Å². The molecule has 0 amide bonds. The number of fused-ring (bicyclic) bond motifs is 6. The standard InChI is InChI=1S/C37H24BNO2/c1-2-12-25(13-3-1)39-31-17-7-4-11-24(31)23-28-26(14-10-18-32(28)39)27-21-22-35-36-37(27)41-34-20-9-6-16-30(34)38(36)29-15-5-8-19-33(29)40-35/h1-22H,23H2. The fraction of sp³-hybridized carbons (Fsp3) is 0.0270. The lowest BCUT2D eigenvalue weighted by Gasteiger charge is -2.36. The minimum absolute atomic E-state index is 0.0518. The van der Waals surface area contributed by atoms with Gasteiger partial charge in [-0.1, -0.05) is 84.9 Å². The van der Waals surface area contributed by atoms with Crippen LogP contribution in [0.4, 0.5) is 17.1 Å². The minimum Gasteiger partial charge on any atom is -0.458 e. The molecule has 0 fully saturated rings. The van der Waals surface area contributed by atoms with Gasteiger partial charge < -0.3 is 14.4 Å². The molecule has 3 aliphatic heterocycles. The van der Waals surface area contributed by atoms with Gasteiger partial charge in [-0.25, -0.2) is 0 Å². The molecular weight excluding hydrogens is 501 g/mol. The fourth-order valence-corrected chi connectivity index (χ4v) is 6.87. The van der Waals surface area contributed by atoms with Gasteiger partial charge >= 0.3 is 0 Å². The first-order valence-electron chi connectivity index (χ1n) is 14.1. The second kappa shape index (κ2) is 8.64. The summed E-state index contributed by atoms with van der Waals surface area (Å²) in [5.41, 5.74) is 11.9. The van der Waals surface area contributed by atoms with Crippen LogP contribution in [-0.4, -0.2) is 6.71 Å². The number of benzene rings is 6. The van der Waals surface area contributed by atoms with Crippen molar-refractivity contribution >= 4 is 40.2 Å². The van der Waals surface area contributed by atoms with Gasteiger partial charge in [-0.05, 0) is 76.1 Å². The molecule has 41 heavy (non-hydrogen) atoms. The summed E-state index contributed by atoms with van der Waals surface area (Å²) in [6.07, 6.45) is 0.848. The predicted octanol–water partition coefficient (Wildman–Crippen LogP) is 7.46. The van der Waals surface area contributed by atoms with Gasteiger partial charge in [0.1, 0.15) is 23.0 Å². The molecule has 0 spiro atoms. The fourth-order valence-electron chi connectivity index (χ4n) is 6.87. The molecule has 3 nitrogen and oxygen atoms in total. The minimum atomic E-state index is 0.0518. The van der Waals surface area contributed by atoms with Crippen LogP contribution >= 0.6 is 0 Å². The summed E-state index contributed by atoms with van der Waals surface area (Å²) in [7, 11) is 0. The average molecular weight is 525 g/mol. The van der Waals surface area contributed by atoms with E-state index in [1.165, 1.54) is 39.0 Å². The number of hydrogen-bond donors (Lipinski definition) is 0. The first kappa shape index (κ1) is 22.6. The van der Waals surface area contributed by atoms with Gasteiger partial charge in [0.05, 0.1) is 5.69 Å². The smallest absolute Gasteiger partial charge is 0.260 e. The number of para-hydroxylation sites is 4. The SMILES string of the molecule is c1ccc(N2c3ccccc3Cc3c(-c4ccc5c6c4Oc4ccccc4B6c4ccccc4O5)cccc32)cc1. The molecule has 0 bridgehead atoms. The summed E-state index contributed by atoms with van der Waals surface area (Å²) >= 11 is 0. The molecule has 0 saturated carbocycles. The van der Waals surface area contributed by atoms with Crippen molar-refractivity contribution in [1.29, 1.82) is 0 Å². The predicted molar refractivity (Wildman–Crippen MR) is 167 cm³/mol. The summed E-state index contributed by atoms with van der Waals surface area (Å²) < 4.78 is 13.3. The number of hydrogen-bond acceptors (Lipinski definition) is 3. The van der Waals surface area contributed by atoms with Crippen molar-refractivity contribution in [3.63, 3.8) is 0 Å². The molecule has 3 aliphatic rings. The van der Waals surface area contributed by atoms with E-state index in [-0.39, 0.29) is 6.71 Å². The van der Waals surface area contributed by atoms with E-state index >= 15 is 0 Å². The molecule has 0 atom stereocenters. The van der Waals surface area contributed by atoms with Crippen LogP contribution in [0.15, 0.2) is 133 Å². The Morgan fingerprint density at radius 2 is 1.20 bits per heavy atom. The van der Waals surface area contributed by atoms with Gasteiger partial charge in [-0.15, -0.1) is 0 Å². The summed E-state index contributed by atoms with van der Waals surface area (Å²) in [6, 6.07) is 47.1. The van der Waals surface area contributed by atoms with Crippen LogP contribution in [0.2, 0.25) is 0 Å². The number of ether oxygens (including phenoxy) is 2. The molecule has 0 N–H and O–H groups in total. The largest absolute Gasteiger partial charge is 0.458 e. The molecule has 0 unspecified atom stereocenters. The Kier molecular flexibility index (Phi) is 4.76. The van der Waals surface area contributed by atoms with Crippen molar-refractivity contribution in [2.75, 3.05) is 4.90 Å². The van der Waals surface area contributed by atoms with Crippen molar-refractivity contribution in [3.8, 4) is 34.1 Å². The Morgan fingerprint density at radius 1 is 0.512 bits per heavy atom. The maximum absolute atomic E-state index is 6.80. The first-order chi connectivity index (χ1) is 20.3. The second-order valence-corrected chi connectivity index (χ2v) is 10.8. The maximum atomic E-state index is 6.80. The molecular formula is C37H24BNO2. The first-order valence-corrected chi connectivity index (χ1v) is 14.1. The zero-order valence-corrected chi connectivity index (χ0v) is 22.2. The molecule has 4 heteroatoms. The quantitative estimate of drug-likeness (QED) is 0.219. The van der Waals surface area contributed by atoms with Gasteiger partial charge in [0.25, 0.3) is 6.71 Å². The monoisotopic (exact) mass is 525 g/mol. The van der Waals surface area contributed by atoms with E-state index in [4.69, 9.17) is 9.47 Å². The zero-order valence-electron chi connectivity index (χ0n) is 22.2. The van der Waals surface area contributed by atoms with Crippen molar-refractivity contribution in [3.05, 3.63) is 145 Å². The van der Waals surface area contributed by atoms with Crippen LogP contribution < -0.4 is 30.8 Å². The zero-order chi connectivity index (χ0) is 26.9. The van der Waals surface area contributed by atoms with Gasteiger partial charge in [0, 0.05) is 28.8 Å². The van der Waals surface area contributed by atoms with Crippen LogP contribution in [0, 0.1) is 0 Å². The summed E-state index contributed by atoms with van der Waals surface area (Å²) in [4.78, 5) is 2.39. The topological polar surface area (TPSA) is 21.7 Å². The normalized spacial score (nSPS) is 13.6. The van der Waals surface area contributed by atoms with E-state index in [0.717, 1.165) is 46.1 Å². The van der Waals surface area contributed by atoms with Gasteiger partial charge in [-0.2, -0.15) is 0 Å². The number of nitrogens with zero attached hydrogens (tertiary/aromatic N) is 1. The highest BCUT2D eigenvalue weighted by molar-refractivity contribution is 6.98. The second-order valence-electron chi connectivity index (χ2n) is 10.8. The summed E-state index contributed by atoms with van der Waals surface area (Å²) in [5, 5.41) is 0. The molecule has 9 rings (SSSR count). The molecule has 0 aromatic heterocycles. The molecule has 0 radical (unpaired) electrons. The lowest BCUT2D eigenvalue weighted by Crippen LogP contribution is -2.57. The Hall–Kier alpha value is -5.22. The van der Waals surface area contributed by atoms with Gasteiger partial charge in [0.2, 0.25) is 0 Å². The highest BCUT2D eigenvalue weighted by Crippen LogP contribution is 2.49. The molecule has 6 aromatic rings. The maximum Gasteiger partial charge on any atom is 0.260 e. The number of rotatable bonds is 2. The van der Waals surface area contributed by atoms with Gasteiger partial charge in [-0.3, -0.25) is 0 Å². The van der Waals surface area contributed by atoms with E-state index in [0.29, 0.717) is 0 Å². The van der Waals surface area contributed by atoms with Crippen molar-refractivity contribution < 1.29 is 9.47 Å². The molecule has 3 heterocycles. The third-order valence-corrected chi connectivity index (χ3v) is 8.63. The lowest BCUT2D eigenvalue weighted by atomic mass is 9.34. The van der Waals surface area contributed by atoms with Crippen LogP contribution in [0.3, 0.4) is 0 Å². The van der Waals surface area contributed by atoms with E-state index in [1.54, 1.807) is 0 Å². The van der Waals surface area contributed by atoms with Gasteiger partial charge in [0.15, 0.2) is 0 Å². The Labute approximate surface area is 239 Å². The van der Waals surface area contributed by atoms with Crippen LogP contribution in [-0.2, 0) is 6.42 Å². The van der Waals surface area contributed by atoms with E-state index in [9.17, 15) is 0 Å².